The Morgan fingerprint density at radius 1 is 0.667 bits per heavy atom. The van der Waals surface area contributed by atoms with E-state index in [-0.39, 0.29) is 20.4 Å². The van der Waals surface area contributed by atoms with Crippen LogP contribution in [0.15, 0.2) is 180 Å². The van der Waals surface area contributed by atoms with Crippen molar-refractivity contribution in [3.05, 3.63) is 188 Å². The Kier molecular flexibility index (Phi) is 8.49. The van der Waals surface area contributed by atoms with Crippen molar-refractivity contribution < 1.29 is 29.6 Å². The van der Waals surface area contributed by atoms with E-state index < -0.39 is 8.07 Å². The smallest absolute Gasteiger partial charge is 0.502 e. The van der Waals surface area contributed by atoms with Crippen molar-refractivity contribution in [3.8, 4) is 22.9 Å². The van der Waals surface area contributed by atoms with E-state index in [4.69, 9.17) is 19.1 Å². The Bertz CT molecular complexity index is 3050. The fourth-order valence-corrected chi connectivity index (χ4v) is 13.8. The molecule has 8 heteroatoms. The predicted molar refractivity (Wildman–Crippen MR) is 227 cm³/mol. The fourth-order valence-electron chi connectivity index (χ4n) is 8.62. The van der Waals surface area contributed by atoms with Gasteiger partial charge in [-0.3, -0.25) is 4.98 Å². The molecule has 3 aromatic heterocycles. The van der Waals surface area contributed by atoms with Gasteiger partial charge in [0, 0.05) is 36.0 Å². The number of rotatable bonds is 6. The molecule has 0 spiro atoms. The van der Waals surface area contributed by atoms with E-state index in [1.54, 1.807) is 0 Å². The van der Waals surface area contributed by atoms with Crippen LogP contribution in [0.5, 0.6) is 11.5 Å². The molecule has 0 radical (unpaired) electrons. The summed E-state index contributed by atoms with van der Waals surface area (Å²) in [5.41, 5.74) is 6.25. The van der Waals surface area contributed by atoms with Gasteiger partial charge in [-0.2, -0.15) is 0 Å². The summed E-state index contributed by atoms with van der Waals surface area (Å²) in [6.45, 7) is 0. The van der Waals surface area contributed by atoms with Gasteiger partial charge >= 0.3 is 20.4 Å². The Morgan fingerprint density at radius 3 is 2.14 bits per heavy atom. The maximum Gasteiger partial charge on any atom is 2.00 e. The molecule has 0 bridgehead atoms. The molecular formula is C49H32N4O2PdSi. The largest absolute Gasteiger partial charge is 2.00 e. The number of anilines is 3. The molecule has 57 heavy (non-hydrogen) atoms. The second-order valence-electron chi connectivity index (χ2n) is 14.0. The Morgan fingerprint density at radius 2 is 1.37 bits per heavy atom. The number of aryl methyl sites for hydroxylation is 1. The van der Waals surface area contributed by atoms with Crippen LogP contribution >= 0.6 is 0 Å². The molecule has 1 aliphatic heterocycles. The van der Waals surface area contributed by atoms with Crippen LogP contribution in [0.25, 0.3) is 44.4 Å². The number of benzene rings is 7. The number of furan rings is 1. The van der Waals surface area contributed by atoms with Crippen LogP contribution < -0.4 is 30.4 Å². The third-order valence-electron chi connectivity index (χ3n) is 11.0. The van der Waals surface area contributed by atoms with Crippen LogP contribution in [0.3, 0.4) is 0 Å². The van der Waals surface area contributed by atoms with Gasteiger partial charge in [0.1, 0.15) is 19.5 Å². The zero-order valence-electron chi connectivity index (χ0n) is 30.7. The van der Waals surface area contributed by atoms with Crippen molar-refractivity contribution in [3.63, 3.8) is 0 Å². The molecule has 0 N–H and O–H groups in total. The van der Waals surface area contributed by atoms with E-state index >= 15 is 0 Å². The molecule has 6 nitrogen and oxygen atoms in total. The molecule has 0 saturated heterocycles. The van der Waals surface area contributed by atoms with Gasteiger partial charge in [0.05, 0.1) is 16.9 Å². The second kappa shape index (κ2) is 13.9. The number of fused-ring (bicyclic) bond motifs is 7. The second-order valence-corrected chi connectivity index (χ2v) is 17.7. The summed E-state index contributed by atoms with van der Waals surface area (Å²) in [5, 5.41) is 6.64. The molecule has 0 unspecified atom stereocenters. The first-order chi connectivity index (χ1) is 27.7. The quantitative estimate of drug-likeness (QED) is 0.124. The van der Waals surface area contributed by atoms with Crippen LogP contribution in [0.1, 0.15) is 0 Å². The summed E-state index contributed by atoms with van der Waals surface area (Å²) in [7, 11) is -1.11. The summed E-state index contributed by atoms with van der Waals surface area (Å²) in [6.07, 6.45) is 1.84. The number of hydrogen-bond acceptors (Lipinski definition) is 5. The molecule has 10 aromatic rings. The van der Waals surface area contributed by atoms with E-state index in [0.29, 0.717) is 11.5 Å². The first kappa shape index (κ1) is 34.9. The Balaban J connectivity index is 0.00000396. The maximum atomic E-state index is 7.13. The van der Waals surface area contributed by atoms with Crippen LogP contribution in [0.4, 0.5) is 17.2 Å². The molecule has 0 atom stereocenters. The van der Waals surface area contributed by atoms with Crippen LogP contribution in [-0.4, -0.2) is 22.6 Å². The molecule has 0 aliphatic carbocycles. The third-order valence-corrected chi connectivity index (χ3v) is 15.8. The number of para-hydroxylation sites is 4. The van der Waals surface area contributed by atoms with Gasteiger partial charge in [-0.1, -0.05) is 143 Å². The van der Waals surface area contributed by atoms with Crippen LogP contribution in [0, 0.1) is 12.1 Å². The normalized spacial score (nSPS) is 13.0. The van der Waals surface area contributed by atoms with Crippen molar-refractivity contribution in [1.82, 2.24) is 14.5 Å². The molecule has 4 heterocycles. The van der Waals surface area contributed by atoms with Gasteiger partial charge in [0.2, 0.25) is 0 Å². The van der Waals surface area contributed by atoms with E-state index in [1.165, 1.54) is 15.6 Å². The first-order valence-electron chi connectivity index (χ1n) is 18.6. The summed E-state index contributed by atoms with van der Waals surface area (Å²) in [6, 6.07) is 66.4. The topological polar surface area (TPSA) is 56.3 Å². The summed E-state index contributed by atoms with van der Waals surface area (Å²) >= 11 is 0. The monoisotopic (exact) mass is 842 g/mol. The number of ether oxygens (including phenoxy) is 1. The van der Waals surface area contributed by atoms with Crippen molar-refractivity contribution >= 4 is 79.0 Å². The molecule has 0 saturated carbocycles. The fraction of sp³-hybridized carbons (Fsp3) is 0.0204. The summed E-state index contributed by atoms with van der Waals surface area (Å²) in [5.74, 6) is 2.68. The minimum Gasteiger partial charge on any atom is -0.502 e. The summed E-state index contributed by atoms with van der Waals surface area (Å²) in [4.78, 5) is 12.1. The average molecular weight is 843 g/mol. The zero-order valence-corrected chi connectivity index (χ0v) is 33.2. The molecule has 7 aromatic carbocycles. The Hall–Kier alpha value is -6.56. The number of imidazole rings is 1. The Labute approximate surface area is 344 Å². The van der Waals surface area contributed by atoms with Crippen molar-refractivity contribution in [2.75, 3.05) is 4.90 Å². The van der Waals surface area contributed by atoms with Gasteiger partial charge in [-0.15, -0.1) is 29.8 Å². The maximum absolute atomic E-state index is 7.13. The minimum absolute atomic E-state index is 0. The van der Waals surface area contributed by atoms with E-state index in [2.05, 4.69) is 119 Å². The predicted octanol–water partition coefficient (Wildman–Crippen LogP) is 9.09. The number of aromatic nitrogens is 3. The first-order valence-corrected chi connectivity index (χ1v) is 20.6. The summed E-state index contributed by atoms with van der Waals surface area (Å²) < 4.78 is 16.2. The van der Waals surface area contributed by atoms with Gasteiger partial charge in [-0.25, -0.2) is 4.98 Å². The van der Waals surface area contributed by atoms with Gasteiger partial charge in [0.25, 0.3) is 0 Å². The average Bonchev–Trinajstić information content (AvgIpc) is 3.82. The number of nitrogens with zero attached hydrogens (tertiary/aromatic N) is 4. The molecule has 274 valence electrons. The van der Waals surface area contributed by atoms with Crippen LogP contribution in [0.2, 0.25) is 0 Å². The van der Waals surface area contributed by atoms with E-state index in [1.807, 2.05) is 86.0 Å². The SMILES string of the molecule is Cn1c(-c2[c-]c(Oc3[c-]c4c(c5oc6ccccc6c35)[Si](c3ccccc3)(c3ccccc3)c3ccccc3N4c3ccccn3)ccc2)nc2ccccc21.[Pd+2]. The third kappa shape index (κ3) is 5.33. The molecule has 0 amide bonds. The minimum atomic E-state index is -3.14. The molecule has 1 aliphatic rings. The number of hydrogen-bond donors (Lipinski definition) is 0. The van der Waals surface area contributed by atoms with Gasteiger partial charge < -0.3 is 18.6 Å². The standard InChI is InChI=1S/C49H32N4O2Si.Pd/c1-52-39-25-10-9-24-38(39)51-49(52)33-17-16-18-34(31-33)54-43-32-41-48(47-46(43)37-23-8-12-27-42(37)55-47)56(35-19-4-2-5-20-35,36-21-6-3-7-22-36)44-28-13-11-26-40(44)53(41)45-29-14-15-30-50-45;/h2-30H,1H3;/q-2;+2. The zero-order chi connectivity index (χ0) is 37.2. The molecule has 0 fully saturated rings. The van der Waals surface area contributed by atoms with Crippen LogP contribution in [-0.2, 0) is 27.5 Å². The van der Waals surface area contributed by atoms with Crippen molar-refractivity contribution in [2.24, 2.45) is 7.05 Å². The van der Waals surface area contributed by atoms with Crippen molar-refractivity contribution in [2.45, 2.75) is 0 Å². The molecular weight excluding hydrogens is 811 g/mol. The van der Waals surface area contributed by atoms with Crippen molar-refractivity contribution in [1.29, 1.82) is 0 Å². The van der Waals surface area contributed by atoms with E-state index in [0.717, 1.165) is 66.7 Å². The molecule has 11 rings (SSSR count). The number of pyridine rings is 1. The van der Waals surface area contributed by atoms with Gasteiger partial charge in [0.15, 0.2) is 0 Å². The van der Waals surface area contributed by atoms with E-state index in [9.17, 15) is 0 Å². The van der Waals surface area contributed by atoms with Gasteiger partial charge in [-0.05, 0) is 52.4 Å².